The minimum Gasteiger partial charge on any atom is -0.383 e. The number of pyridine rings is 2. The number of hydrogen-bond donors (Lipinski definition) is 2. The number of nitrogen functional groups attached to an aromatic ring is 1. The third kappa shape index (κ3) is 4.09. The summed E-state index contributed by atoms with van der Waals surface area (Å²) in [6.07, 6.45) is 5.37. The van der Waals surface area contributed by atoms with E-state index in [-0.39, 0.29) is 17.6 Å². The van der Waals surface area contributed by atoms with Gasteiger partial charge in [0.1, 0.15) is 17.3 Å². The molecule has 3 aromatic rings. The Morgan fingerprint density at radius 3 is 2.77 bits per heavy atom. The average Bonchev–Trinajstić information content (AvgIpc) is 2.80. The molecule has 0 amide bonds. The predicted molar refractivity (Wildman–Crippen MR) is 120 cm³/mol. The first-order chi connectivity index (χ1) is 14.7. The van der Waals surface area contributed by atoms with Crippen molar-refractivity contribution in [1.82, 2.24) is 15.3 Å². The molecule has 1 aliphatic rings. The van der Waals surface area contributed by atoms with Gasteiger partial charge in [-0.3, -0.25) is 4.79 Å². The predicted octanol–water partition coefficient (Wildman–Crippen LogP) is 3.47. The van der Waals surface area contributed by atoms with Gasteiger partial charge in [-0.1, -0.05) is 42.5 Å². The lowest BCUT2D eigenvalue weighted by Gasteiger charge is -2.35. The summed E-state index contributed by atoms with van der Waals surface area (Å²) in [5, 5.41) is 3.57. The second-order valence-corrected chi connectivity index (χ2v) is 7.24. The Balaban J connectivity index is 1.67. The number of nitrogens with two attached hydrogens (primary N) is 1. The number of carbonyl (C=O) groups is 1. The van der Waals surface area contributed by atoms with Crippen LogP contribution in [-0.4, -0.2) is 35.4 Å². The molecule has 0 spiro atoms. The van der Waals surface area contributed by atoms with E-state index in [2.05, 4.69) is 39.5 Å². The molecule has 1 saturated heterocycles. The molecule has 6 heteroatoms. The average molecular weight is 399 g/mol. The van der Waals surface area contributed by atoms with E-state index in [1.807, 2.05) is 37.3 Å². The largest absolute Gasteiger partial charge is 0.383 e. The molecule has 3 heterocycles. The van der Waals surface area contributed by atoms with Gasteiger partial charge in [-0.25, -0.2) is 9.97 Å². The Hall–Kier alpha value is -3.51. The van der Waals surface area contributed by atoms with Crippen molar-refractivity contribution in [3.05, 3.63) is 89.3 Å². The number of piperazine rings is 1. The third-order valence-corrected chi connectivity index (χ3v) is 5.26. The van der Waals surface area contributed by atoms with Crippen LogP contribution in [0, 0.1) is 0 Å². The maximum absolute atomic E-state index is 13.2. The number of allylic oxidation sites excluding steroid dienone is 1. The van der Waals surface area contributed by atoms with Crippen molar-refractivity contribution in [2.24, 2.45) is 0 Å². The number of rotatable bonds is 5. The molecular weight excluding hydrogens is 374 g/mol. The summed E-state index contributed by atoms with van der Waals surface area (Å²) in [5.74, 6) is 0.786. The minimum atomic E-state index is -0.217. The van der Waals surface area contributed by atoms with Crippen LogP contribution in [0.25, 0.3) is 6.08 Å². The molecule has 30 heavy (non-hydrogen) atoms. The number of carbonyl (C=O) groups excluding carboxylic acids is 1. The first kappa shape index (κ1) is 19.8. The van der Waals surface area contributed by atoms with Gasteiger partial charge in [0.2, 0.25) is 5.78 Å². The summed E-state index contributed by atoms with van der Waals surface area (Å²) >= 11 is 0. The summed E-state index contributed by atoms with van der Waals surface area (Å²) < 4.78 is 0. The third-order valence-electron chi connectivity index (χ3n) is 5.26. The van der Waals surface area contributed by atoms with Crippen molar-refractivity contribution < 1.29 is 4.79 Å². The van der Waals surface area contributed by atoms with Crippen LogP contribution in [0.2, 0.25) is 0 Å². The van der Waals surface area contributed by atoms with Gasteiger partial charge in [-0.15, -0.1) is 0 Å². The minimum absolute atomic E-state index is 0.213. The van der Waals surface area contributed by atoms with Gasteiger partial charge in [-0.2, -0.15) is 0 Å². The SMILES string of the molecule is CC=Cc1ccc(N2CCNC(c3ccccc3)C2)nc1C(=O)c1cccnc1N. The number of nitrogens with one attached hydrogen (secondary N) is 1. The van der Waals surface area contributed by atoms with E-state index in [0.29, 0.717) is 11.3 Å². The monoisotopic (exact) mass is 399 g/mol. The summed E-state index contributed by atoms with van der Waals surface area (Å²) in [6.45, 7) is 4.36. The number of anilines is 2. The van der Waals surface area contributed by atoms with Gasteiger partial charge in [-0.05, 0) is 36.8 Å². The molecule has 152 valence electrons. The lowest BCUT2D eigenvalue weighted by Crippen LogP contribution is -2.46. The molecule has 0 bridgehead atoms. The first-order valence-electron chi connectivity index (χ1n) is 10.1. The number of aromatic nitrogens is 2. The van der Waals surface area contributed by atoms with E-state index in [1.54, 1.807) is 18.3 Å². The van der Waals surface area contributed by atoms with E-state index < -0.39 is 0 Å². The zero-order valence-corrected chi connectivity index (χ0v) is 17.0. The van der Waals surface area contributed by atoms with Crippen LogP contribution in [0.4, 0.5) is 11.6 Å². The molecule has 1 atom stereocenters. The quantitative estimate of drug-likeness (QED) is 0.639. The Morgan fingerprint density at radius 1 is 1.17 bits per heavy atom. The fourth-order valence-corrected chi connectivity index (χ4v) is 3.74. The molecule has 1 fully saturated rings. The topological polar surface area (TPSA) is 84.1 Å². The van der Waals surface area contributed by atoms with Gasteiger partial charge >= 0.3 is 0 Å². The maximum atomic E-state index is 13.2. The summed E-state index contributed by atoms with van der Waals surface area (Å²) in [5.41, 5.74) is 8.72. The zero-order valence-electron chi connectivity index (χ0n) is 17.0. The van der Waals surface area contributed by atoms with Crippen molar-refractivity contribution in [3.8, 4) is 0 Å². The standard InChI is InChI=1S/C24H25N5O/c1-2-7-18-11-12-21(28-22(18)23(30)19-10-6-13-27-24(19)25)29-15-14-26-20(16-29)17-8-4-3-5-9-17/h2-13,20,26H,14-16H2,1H3,(H2,25,27). The lowest BCUT2D eigenvalue weighted by molar-refractivity contribution is 0.103. The van der Waals surface area contributed by atoms with Crippen molar-refractivity contribution >= 4 is 23.5 Å². The van der Waals surface area contributed by atoms with Crippen molar-refractivity contribution in [1.29, 1.82) is 0 Å². The van der Waals surface area contributed by atoms with Gasteiger partial charge in [0.05, 0.1) is 5.56 Å². The van der Waals surface area contributed by atoms with Gasteiger partial charge in [0.25, 0.3) is 0 Å². The highest BCUT2D eigenvalue weighted by Gasteiger charge is 2.24. The summed E-state index contributed by atoms with van der Waals surface area (Å²) in [7, 11) is 0. The Bertz CT molecular complexity index is 1060. The Labute approximate surface area is 176 Å². The van der Waals surface area contributed by atoms with Crippen LogP contribution < -0.4 is 16.0 Å². The smallest absolute Gasteiger partial charge is 0.215 e. The number of nitrogens with zero attached hydrogens (tertiary/aromatic N) is 3. The van der Waals surface area contributed by atoms with E-state index in [9.17, 15) is 4.79 Å². The zero-order chi connectivity index (χ0) is 20.9. The normalized spacial score (nSPS) is 16.7. The van der Waals surface area contributed by atoms with Gasteiger partial charge in [0.15, 0.2) is 0 Å². The van der Waals surface area contributed by atoms with E-state index in [4.69, 9.17) is 10.7 Å². The molecule has 1 aliphatic heterocycles. The second kappa shape index (κ2) is 8.88. The molecule has 3 N–H and O–H groups in total. The van der Waals surface area contributed by atoms with Crippen LogP contribution in [0.15, 0.2) is 66.9 Å². The van der Waals surface area contributed by atoms with Gasteiger partial charge < -0.3 is 16.0 Å². The summed E-state index contributed by atoms with van der Waals surface area (Å²) in [6, 6.07) is 17.9. The molecule has 1 unspecified atom stereocenters. The van der Waals surface area contributed by atoms with Crippen LogP contribution in [0.5, 0.6) is 0 Å². The van der Waals surface area contributed by atoms with Crippen molar-refractivity contribution in [2.75, 3.05) is 30.3 Å². The van der Waals surface area contributed by atoms with Crippen LogP contribution in [0.1, 0.15) is 40.1 Å². The maximum Gasteiger partial charge on any atom is 0.215 e. The van der Waals surface area contributed by atoms with Crippen LogP contribution in [0.3, 0.4) is 0 Å². The molecule has 6 nitrogen and oxygen atoms in total. The Morgan fingerprint density at radius 2 is 2.00 bits per heavy atom. The number of hydrogen-bond acceptors (Lipinski definition) is 6. The Kier molecular flexibility index (Phi) is 5.86. The van der Waals surface area contributed by atoms with Crippen molar-refractivity contribution in [3.63, 3.8) is 0 Å². The molecule has 0 radical (unpaired) electrons. The lowest BCUT2D eigenvalue weighted by atomic mass is 10.0. The van der Waals surface area contributed by atoms with E-state index in [0.717, 1.165) is 31.0 Å². The number of ketones is 1. The fraction of sp³-hybridized carbons (Fsp3) is 0.208. The highest BCUT2D eigenvalue weighted by atomic mass is 16.1. The van der Waals surface area contributed by atoms with Crippen LogP contribution in [-0.2, 0) is 0 Å². The molecule has 0 aliphatic carbocycles. The molecule has 4 rings (SSSR count). The van der Waals surface area contributed by atoms with E-state index in [1.165, 1.54) is 5.56 Å². The second-order valence-electron chi connectivity index (χ2n) is 7.24. The highest BCUT2D eigenvalue weighted by molar-refractivity contribution is 6.12. The number of benzene rings is 1. The van der Waals surface area contributed by atoms with E-state index >= 15 is 0 Å². The van der Waals surface area contributed by atoms with Crippen LogP contribution >= 0.6 is 0 Å². The molecular formula is C24H25N5O. The van der Waals surface area contributed by atoms with Crippen molar-refractivity contribution in [2.45, 2.75) is 13.0 Å². The molecule has 1 aromatic carbocycles. The highest BCUT2D eigenvalue weighted by Crippen LogP contribution is 2.25. The first-order valence-corrected chi connectivity index (χ1v) is 10.1. The summed E-state index contributed by atoms with van der Waals surface area (Å²) in [4.78, 5) is 24.3. The molecule has 2 aromatic heterocycles. The fourth-order valence-electron chi connectivity index (χ4n) is 3.74. The van der Waals surface area contributed by atoms with Gasteiger partial charge in [0, 0.05) is 37.4 Å². The molecule has 0 saturated carbocycles.